The van der Waals surface area contributed by atoms with Crippen LogP contribution >= 0.6 is 11.6 Å². The summed E-state index contributed by atoms with van der Waals surface area (Å²) >= 11 is 6.00. The lowest BCUT2D eigenvalue weighted by Gasteiger charge is -2.30. The second kappa shape index (κ2) is 11.8. The highest BCUT2D eigenvalue weighted by molar-refractivity contribution is 7.88. The van der Waals surface area contributed by atoms with Crippen LogP contribution in [0.2, 0.25) is 5.02 Å². The number of benzene rings is 2. The van der Waals surface area contributed by atoms with E-state index in [4.69, 9.17) is 11.6 Å². The predicted molar refractivity (Wildman–Crippen MR) is 136 cm³/mol. The Morgan fingerprint density at radius 1 is 1.00 bits per heavy atom. The molecule has 0 aromatic heterocycles. The molecule has 35 heavy (non-hydrogen) atoms. The first-order chi connectivity index (χ1) is 16.8. The summed E-state index contributed by atoms with van der Waals surface area (Å²) in [5.41, 5.74) is 2.30. The molecule has 1 amide bonds. The molecule has 0 aliphatic carbocycles. The highest BCUT2D eigenvalue weighted by Gasteiger charge is 2.32. The number of carbonyl (C=O) groups excluding carboxylic acids is 1. The number of sulfonamides is 1. The maximum absolute atomic E-state index is 14.1. The summed E-state index contributed by atoms with van der Waals surface area (Å²) < 4.78 is 41.0. The van der Waals surface area contributed by atoms with Crippen LogP contribution in [0.3, 0.4) is 0 Å². The van der Waals surface area contributed by atoms with Crippen molar-refractivity contribution in [2.75, 3.05) is 26.2 Å². The first-order valence-electron chi connectivity index (χ1n) is 12.3. The Hall–Kier alpha value is -2.00. The van der Waals surface area contributed by atoms with Gasteiger partial charge in [0.25, 0.3) is 0 Å². The van der Waals surface area contributed by atoms with Gasteiger partial charge in [0, 0.05) is 42.7 Å². The minimum atomic E-state index is -3.73. The Balaban J connectivity index is 1.26. The standard InChI is InChI=1S/C26H33ClFN3O3S/c27-24-8-5-9-25(28)23(24)19-35(33,34)31-14-10-22(11-15-31)26(32)29-17-20-6-4-7-21(16-20)18-30-12-2-1-3-13-30/h4-9,16,22H,1-3,10-15,17-19H2,(H,29,32). The van der Waals surface area contributed by atoms with E-state index in [-0.39, 0.29) is 35.5 Å². The molecule has 0 spiro atoms. The second-order valence-corrected chi connectivity index (χ2v) is 11.9. The lowest BCUT2D eigenvalue weighted by molar-refractivity contribution is -0.126. The van der Waals surface area contributed by atoms with Gasteiger partial charge in [0.05, 0.1) is 5.75 Å². The number of hydrogen-bond donors (Lipinski definition) is 1. The quantitative estimate of drug-likeness (QED) is 0.561. The number of nitrogens with one attached hydrogen (secondary N) is 1. The van der Waals surface area contributed by atoms with Crippen molar-refractivity contribution in [2.45, 2.75) is 50.9 Å². The van der Waals surface area contributed by atoms with Crippen molar-refractivity contribution < 1.29 is 17.6 Å². The number of hydrogen-bond acceptors (Lipinski definition) is 4. The molecule has 2 saturated heterocycles. The fraction of sp³-hybridized carbons (Fsp3) is 0.500. The molecule has 1 N–H and O–H groups in total. The summed E-state index contributed by atoms with van der Waals surface area (Å²) in [6.45, 7) is 4.14. The average Bonchev–Trinajstić information content (AvgIpc) is 2.86. The molecular formula is C26H33ClFN3O3S. The van der Waals surface area contributed by atoms with Crippen LogP contribution in [0.25, 0.3) is 0 Å². The van der Waals surface area contributed by atoms with Crippen LogP contribution in [0.1, 0.15) is 48.8 Å². The molecule has 6 nitrogen and oxygen atoms in total. The number of amides is 1. The summed E-state index contributed by atoms with van der Waals surface area (Å²) in [7, 11) is -3.73. The zero-order chi connectivity index (χ0) is 24.8. The van der Waals surface area contributed by atoms with Gasteiger partial charge >= 0.3 is 0 Å². The van der Waals surface area contributed by atoms with Crippen LogP contribution < -0.4 is 5.32 Å². The molecule has 2 aliphatic heterocycles. The Morgan fingerprint density at radius 3 is 2.40 bits per heavy atom. The minimum absolute atomic E-state index is 0.0171. The molecule has 2 heterocycles. The van der Waals surface area contributed by atoms with E-state index in [1.807, 2.05) is 12.1 Å². The zero-order valence-electron chi connectivity index (χ0n) is 19.9. The van der Waals surface area contributed by atoms with E-state index in [9.17, 15) is 17.6 Å². The van der Waals surface area contributed by atoms with Crippen LogP contribution in [0, 0.1) is 11.7 Å². The molecule has 2 aliphatic rings. The Kier molecular flexibility index (Phi) is 8.81. The molecule has 0 radical (unpaired) electrons. The van der Waals surface area contributed by atoms with Gasteiger partial charge in [-0.3, -0.25) is 9.69 Å². The van der Waals surface area contributed by atoms with Gasteiger partial charge in [0.15, 0.2) is 0 Å². The van der Waals surface area contributed by atoms with Crippen molar-refractivity contribution in [1.29, 1.82) is 0 Å². The van der Waals surface area contributed by atoms with Crippen LogP contribution in [0.4, 0.5) is 4.39 Å². The molecule has 4 rings (SSSR count). The van der Waals surface area contributed by atoms with E-state index in [1.54, 1.807) is 0 Å². The summed E-state index contributed by atoms with van der Waals surface area (Å²) in [5.74, 6) is -1.41. The lowest BCUT2D eigenvalue weighted by atomic mass is 9.97. The summed E-state index contributed by atoms with van der Waals surface area (Å²) in [4.78, 5) is 15.2. The smallest absolute Gasteiger partial charge is 0.223 e. The highest BCUT2D eigenvalue weighted by Crippen LogP contribution is 2.26. The molecule has 190 valence electrons. The van der Waals surface area contributed by atoms with Gasteiger partial charge in [0.1, 0.15) is 5.82 Å². The molecule has 9 heteroatoms. The van der Waals surface area contributed by atoms with Crippen LogP contribution in [-0.4, -0.2) is 49.7 Å². The Labute approximate surface area is 212 Å². The zero-order valence-corrected chi connectivity index (χ0v) is 21.5. The SMILES string of the molecule is O=C(NCc1cccc(CN2CCCCC2)c1)C1CCN(S(=O)(=O)Cc2c(F)cccc2Cl)CC1. The summed E-state index contributed by atoms with van der Waals surface area (Å²) in [6, 6.07) is 12.5. The van der Waals surface area contributed by atoms with Crippen molar-refractivity contribution >= 4 is 27.5 Å². The van der Waals surface area contributed by atoms with Crippen LogP contribution in [0.5, 0.6) is 0 Å². The van der Waals surface area contributed by atoms with Crippen LogP contribution in [-0.2, 0) is 33.7 Å². The summed E-state index contributed by atoms with van der Waals surface area (Å²) in [5, 5.41) is 3.12. The summed E-state index contributed by atoms with van der Waals surface area (Å²) in [6.07, 6.45) is 4.70. The van der Waals surface area contributed by atoms with Crippen LogP contribution in [0.15, 0.2) is 42.5 Å². The van der Waals surface area contributed by atoms with Gasteiger partial charge in [-0.25, -0.2) is 17.1 Å². The third-order valence-electron chi connectivity index (χ3n) is 6.92. The molecule has 2 aromatic carbocycles. The monoisotopic (exact) mass is 521 g/mol. The van der Waals surface area contributed by atoms with Crippen molar-refractivity contribution in [1.82, 2.24) is 14.5 Å². The van der Waals surface area contributed by atoms with E-state index >= 15 is 0 Å². The number of rotatable bonds is 8. The normalized spacial score (nSPS) is 18.5. The van der Waals surface area contributed by atoms with Gasteiger partial charge in [-0.15, -0.1) is 0 Å². The average molecular weight is 522 g/mol. The molecule has 0 unspecified atom stereocenters. The first-order valence-corrected chi connectivity index (χ1v) is 14.3. The second-order valence-electron chi connectivity index (χ2n) is 9.50. The largest absolute Gasteiger partial charge is 0.352 e. The minimum Gasteiger partial charge on any atom is -0.352 e. The number of likely N-dealkylation sites (tertiary alicyclic amines) is 1. The number of piperidine rings is 2. The lowest BCUT2D eigenvalue weighted by Crippen LogP contribution is -2.43. The Morgan fingerprint density at radius 2 is 1.69 bits per heavy atom. The van der Waals surface area contributed by atoms with Crippen molar-refractivity contribution in [3.05, 3.63) is 70.0 Å². The van der Waals surface area contributed by atoms with E-state index in [0.29, 0.717) is 19.4 Å². The third kappa shape index (κ3) is 7.03. The van der Waals surface area contributed by atoms with Gasteiger partial charge in [0.2, 0.25) is 15.9 Å². The molecule has 2 aromatic rings. The third-order valence-corrected chi connectivity index (χ3v) is 9.08. The first kappa shape index (κ1) is 26.1. The molecule has 0 saturated carbocycles. The number of nitrogens with zero attached hydrogens (tertiary/aromatic N) is 2. The van der Waals surface area contributed by atoms with Crippen molar-refractivity contribution in [3.63, 3.8) is 0 Å². The molecule has 0 atom stereocenters. The van der Waals surface area contributed by atoms with Gasteiger partial charge in [-0.05, 0) is 62.0 Å². The van der Waals surface area contributed by atoms with E-state index in [0.717, 1.165) is 25.2 Å². The number of halogens is 2. The highest BCUT2D eigenvalue weighted by atomic mass is 35.5. The molecule has 2 fully saturated rings. The van der Waals surface area contributed by atoms with Crippen molar-refractivity contribution in [2.24, 2.45) is 5.92 Å². The van der Waals surface area contributed by atoms with Gasteiger partial charge < -0.3 is 5.32 Å². The fourth-order valence-corrected chi connectivity index (χ4v) is 6.80. The van der Waals surface area contributed by atoms with Gasteiger partial charge in [-0.1, -0.05) is 48.4 Å². The van der Waals surface area contributed by atoms with E-state index in [2.05, 4.69) is 22.3 Å². The molecular weight excluding hydrogens is 489 g/mol. The molecule has 0 bridgehead atoms. The van der Waals surface area contributed by atoms with Crippen molar-refractivity contribution in [3.8, 4) is 0 Å². The van der Waals surface area contributed by atoms with E-state index in [1.165, 1.54) is 47.3 Å². The topological polar surface area (TPSA) is 69.7 Å². The van der Waals surface area contributed by atoms with Gasteiger partial charge in [-0.2, -0.15) is 0 Å². The Bertz CT molecular complexity index is 1110. The number of carbonyl (C=O) groups is 1. The maximum atomic E-state index is 14.1. The van der Waals surface area contributed by atoms with E-state index < -0.39 is 21.6 Å². The predicted octanol–water partition coefficient (Wildman–Crippen LogP) is 4.32. The maximum Gasteiger partial charge on any atom is 0.223 e. The fourth-order valence-electron chi connectivity index (χ4n) is 4.89.